The maximum Gasteiger partial charge on any atom is 0.416 e. The lowest BCUT2D eigenvalue weighted by Crippen LogP contribution is -2.32. The number of benzene rings is 2. The van der Waals surface area contributed by atoms with Crippen LogP contribution in [0, 0.1) is 11.3 Å². The van der Waals surface area contributed by atoms with E-state index in [-0.39, 0.29) is 24.6 Å². The molecule has 0 heterocycles. The summed E-state index contributed by atoms with van der Waals surface area (Å²) in [7, 11) is 0. The van der Waals surface area contributed by atoms with E-state index < -0.39 is 17.6 Å². The van der Waals surface area contributed by atoms with Gasteiger partial charge in [-0.2, -0.15) is 18.4 Å². The molecule has 8 heteroatoms. The van der Waals surface area contributed by atoms with Crippen molar-refractivity contribution in [2.75, 3.05) is 16.8 Å². The van der Waals surface area contributed by atoms with Gasteiger partial charge in [-0.25, -0.2) is 0 Å². The summed E-state index contributed by atoms with van der Waals surface area (Å²) >= 11 is 0. The number of halogens is 3. The van der Waals surface area contributed by atoms with E-state index in [1.165, 1.54) is 30.0 Å². The average Bonchev–Trinajstić information content (AvgIpc) is 2.61. The zero-order valence-corrected chi connectivity index (χ0v) is 14.4. The van der Waals surface area contributed by atoms with Crippen molar-refractivity contribution in [3.05, 3.63) is 59.7 Å². The number of amides is 2. The minimum absolute atomic E-state index is 0.00444. The van der Waals surface area contributed by atoms with Gasteiger partial charge in [0.1, 0.15) is 0 Å². The summed E-state index contributed by atoms with van der Waals surface area (Å²) in [6.07, 6.45) is -4.52. The topological polar surface area (TPSA) is 73.2 Å². The molecule has 0 radical (unpaired) electrons. The van der Waals surface area contributed by atoms with E-state index in [4.69, 9.17) is 5.26 Å². The molecule has 1 N–H and O–H groups in total. The minimum atomic E-state index is -4.46. The van der Waals surface area contributed by atoms with E-state index in [0.29, 0.717) is 11.3 Å². The molecule has 2 rings (SSSR count). The molecule has 0 aliphatic carbocycles. The zero-order chi connectivity index (χ0) is 20.0. The molecule has 0 aliphatic rings. The van der Waals surface area contributed by atoms with E-state index in [1.54, 1.807) is 18.2 Å². The SMILES string of the molecule is CC(=O)N(CCC(=O)Nc1cccc(C#N)c1)c1ccc(C(F)(F)F)cc1. The first-order chi connectivity index (χ1) is 12.7. The highest BCUT2D eigenvalue weighted by Gasteiger charge is 2.30. The Hall–Kier alpha value is -3.34. The molecule has 0 atom stereocenters. The third kappa shape index (κ3) is 5.57. The first kappa shape index (κ1) is 20.0. The van der Waals surface area contributed by atoms with Crippen molar-refractivity contribution >= 4 is 23.2 Å². The summed E-state index contributed by atoms with van der Waals surface area (Å²) in [6.45, 7) is 1.27. The van der Waals surface area contributed by atoms with Crippen molar-refractivity contribution < 1.29 is 22.8 Å². The first-order valence-corrected chi connectivity index (χ1v) is 7.96. The summed E-state index contributed by atoms with van der Waals surface area (Å²) in [5.41, 5.74) is 0.297. The number of alkyl halides is 3. The van der Waals surface area contributed by atoms with Crippen LogP contribution in [-0.2, 0) is 15.8 Å². The fourth-order valence-electron chi connectivity index (χ4n) is 2.40. The quantitative estimate of drug-likeness (QED) is 0.860. The van der Waals surface area contributed by atoms with Crippen LogP contribution in [0.1, 0.15) is 24.5 Å². The van der Waals surface area contributed by atoms with Crippen LogP contribution >= 0.6 is 0 Å². The van der Waals surface area contributed by atoms with Gasteiger partial charge in [0.2, 0.25) is 11.8 Å². The maximum atomic E-state index is 12.6. The molecule has 0 unspecified atom stereocenters. The van der Waals surface area contributed by atoms with Gasteiger partial charge in [0.25, 0.3) is 0 Å². The number of nitrogens with zero attached hydrogens (tertiary/aromatic N) is 2. The normalized spacial score (nSPS) is 10.8. The van der Waals surface area contributed by atoms with Gasteiger partial charge < -0.3 is 10.2 Å². The van der Waals surface area contributed by atoms with Gasteiger partial charge in [0.15, 0.2) is 0 Å². The first-order valence-electron chi connectivity index (χ1n) is 7.96. The molecule has 2 aromatic rings. The summed E-state index contributed by atoms with van der Waals surface area (Å²) < 4.78 is 37.9. The second-order valence-corrected chi connectivity index (χ2v) is 5.71. The fourth-order valence-corrected chi connectivity index (χ4v) is 2.40. The van der Waals surface area contributed by atoms with Gasteiger partial charge in [-0.3, -0.25) is 9.59 Å². The molecule has 0 saturated carbocycles. The molecule has 0 saturated heterocycles. The molecule has 0 bridgehead atoms. The number of nitriles is 1. The van der Waals surface area contributed by atoms with Gasteiger partial charge in [-0.05, 0) is 42.5 Å². The van der Waals surface area contributed by atoms with Crippen molar-refractivity contribution in [2.24, 2.45) is 0 Å². The molecule has 5 nitrogen and oxygen atoms in total. The monoisotopic (exact) mass is 375 g/mol. The molecule has 27 heavy (non-hydrogen) atoms. The van der Waals surface area contributed by atoms with Crippen LogP contribution in [0.4, 0.5) is 24.5 Å². The Bertz CT molecular complexity index is 871. The molecule has 0 aliphatic heterocycles. The lowest BCUT2D eigenvalue weighted by atomic mass is 10.2. The van der Waals surface area contributed by atoms with Gasteiger partial charge in [0.05, 0.1) is 17.2 Å². The Morgan fingerprint density at radius 1 is 1.15 bits per heavy atom. The van der Waals surface area contributed by atoms with Gasteiger partial charge in [-0.1, -0.05) is 6.07 Å². The van der Waals surface area contributed by atoms with E-state index in [0.717, 1.165) is 12.1 Å². The van der Waals surface area contributed by atoms with Gasteiger partial charge in [-0.15, -0.1) is 0 Å². The Morgan fingerprint density at radius 3 is 2.37 bits per heavy atom. The predicted octanol–water partition coefficient (Wildman–Crippen LogP) is 3.96. The number of rotatable bonds is 5. The lowest BCUT2D eigenvalue weighted by Gasteiger charge is -2.21. The van der Waals surface area contributed by atoms with Crippen LogP contribution in [0.2, 0.25) is 0 Å². The Balaban J connectivity index is 2.03. The van der Waals surface area contributed by atoms with Crippen molar-refractivity contribution in [3.63, 3.8) is 0 Å². The Kier molecular flexibility index (Phi) is 6.19. The standard InChI is InChI=1S/C19H16F3N3O2/c1-13(26)25(17-7-5-15(6-8-17)19(20,21)22)10-9-18(27)24-16-4-2-3-14(11-16)12-23/h2-8,11H,9-10H2,1H3,(H,24,27). The van der Waals surface area contributed by atoms with Crippen LogP contribution in [0.15, 0.2) is 48.5 Å². The molecular formula is C19H16F3N3O2. The number of carbonyl (C=O) groups excluding carboxylic acids is 2. The Labute approximate surface area is 154 Å². The maximum absolute atomic E-state index is 12.6. The van der Waals surface area contributed by atoms with Crippen molar-refractivity contribution in [1.29, 1.82) is 5.26 Å². The number of nitrogens with one attached hydrogen (secondary N) is 1. The van der Waals surface area contributed by atoms with E-state index in [2.05, 4.69) is 5.32 Å². The molecule has 0 fully saturated rings. The highest BCUT2D eigenvalue weighted by molar-refractivity contribution is 5.94. The third-order valence-corrected chi connectivity index (χ3v) is 3.72. The number of hydrogen-bond donors (Lipinski definition) is 1. The summed E-state index contributed by atoms with van der Waals surface area (Å²) in [5, 5.41) is 11.5. The van der Waals surface area contributed by atoms with E-state index >= 15 is 0 Å². The second kappa shape index (κ2) is 8.36. The highest BCUT2D eigenvalue weighted by Crippen LogP contribution is 2.30. The number of carbonyl (C=O) groups is 2. The molecular weight excluding hydrogens is 359 g/mol. The van der Waals surface area contributed by atoms with Crippen molar-refractivity contribution in [2.45, 2.75) is 19.5 Å². The molecule has 0 aromatic heterocycles. The zero-order valence-electron chi connectivity index (χ0n) is 14.4. The van der Waals surface area contributed by atoms with E-state index in [1.807, 2.05) is 6.07 Å². The smallest absolute Gasteiger partial charge is 0.326 e. The molecule has 2 amide bonds. The van der Waals surface area contributed by atoms with Crippen molar-refractivity contribution in [3.8, 4) is 6.07 Å². The van der Waals surface area contributed by atoms with Crippen LogP contribution in [0.25, 0.3) is 0 Å². The molecule has 140 valence electrons. The van der Waals surface area contributed by atoms with Crippen LogP contribution in [-0.4, -0.2) is 18.4 Å². The van der Waals surface area contributed by atoms with Crippen LogP contribution in [0.3, 0.4) is 0 Å². The second-order valence-electron chi connectivity index (χ2n) is 5.71. The van der Waals surface area contributed by atoms with Crippen molar-refractivity contribution in [1.82, 2.24) is 0 Å². The Morgan fingerprint density at radius 2 is 1.81 bits per heavy atom. The van der Waals surface area contributed by atoms with E-state index in [9.17, 15) is 22.8 Å². The van der Waals surface area contributed by atoms with Gasteiger partial charge >= 0.3 is 6.18 Å². The van der Waals surface area contributed by atoms with Crippen LogP contribution < -0.4 is 10.2 Å². The van der Waals surface area contributed by atoms with Gasteiger partial charge in [0, 0.05) is 31.3 Å². The highest BCUT2D eigenvalue weighted by atomic mass is 19.4. The fraction of sp³-hybridized carbons (Fsp3) is 0.211. The summed E-state index contributed by atoms with van der Waals surface area (Å²) in [4.78, 5) is 25.1. The summed E-state index contributed by atoms with van der Waals surface area (Å²) in [5.74, 6) is -0.780. The van der Waals surface area contributed by atoms with Crippen LogP contribution in [0.5, 0.6) is 0 Å². The molecule has 2 aromatic carbocycles. The molecule has 0 spiro atoms. The lowest BCUT2D eigenvalue weighted by molar-refractivity contribution is -0.137. The predicted molar refractivity (Wildman–Crippen MR) is 93.9 cm³/mol. The third-order valence-electron chi connectivity index (χ3n) is 3.72. The minimum Gasteiger partial charge on any atom is -0.326 e. The largest absolute Gasteiger partial charge is 0.416 e. The average molecular weight is 375 g/mol. The number of hydrogen-bond acceptors (Lipinski definition) is 3. The number of anilines is 2. The summed E-state index contributed by atoms with van der Waals surface area (Å²) in [6, 6.07) is 12.5.